The van der Waals surface area contributed by atoms with E-state index in [0.717, 1.165) is 56.2 Å². The van der Waals surface area contributed by atoms with Crippen LogP contribution in [0.2, 0.25) is 0 Å². The Hall–Kier alpha value is -2.70. The first kappa shape index (κ1) is 20.0. The number of nitrogens with zero attached hydrogens (tertiary/aromatic N) is 4. The largest absolute Gasteiger partial charge is 0.370 e. The number of carbonyl (C=O) groups excluding carboxylic acids is 1. The number of rotatable bonds is 9. The molecule has 3 heterocycles. The minimum atomic E-state index is 0.129. The molecule has 150 valence electrons. The van der Waals surface area contributed by atoms with Crippen LogP contribution >= 0.6 is 0 Å². The van der Waals surface area contributed by atoms with Gasteiger partial charge in [-0.25, -0.2) is 9.97 Å². The van der Waals surface area contributed by atoms with Gasteiger partial charge in [-0.1, -0.05) is 6.07 Å². The van der Waals surface area contributed by atoms with E-state index in [-0.39, 0.29) is 5.91 Å². The highest BCUT2D eigenvalue weighted by Gasteiger charge is 2.22. The van der Waals surface area contributed by atoms with Gasteiger partial charge in [0.15, 0.2) is 0 Å². The normalized spacial score (nSPS) is 16.6. The lowest BCUT2D eigenvalue weighted by Gasteiger charge is -2.33. The van der Waals surface area contributed by atoms with Crippen LogP contribution in [0.5, 0.6) is 0 Å². The molecule has 1 aliphatic rings. The smallest absolute Gasteiger partial charge is 0.220 e. The molecule has 0 aromatic carbocycles. The molecule has 0 aliphatic carbocycles. The Kier molecular flexibility index (Phi) is 7.58. The van der Waals surface area contributed by atoms with Crippen molar-refractivity contribution in [1.29, 1.82) is 0 Å². The van der Waals surface area contributed by atoms with Gasteiger partial charge < -0.3 is 15.5 Å². The lowest BCUT2D eigenvalue weighted by atomic mass is 9.93. The van der Waals surface area contributed by atoms with E-state index in [0.29, 0.717) is 18.9 Å². The second-order valence-corrected chi connectivity index (χ2v) is 7.21. The predicted molar refractivity (Wildman–Crippen MR) is 111 cm³/mol. The average molecular weight is 383 g/mol. The molecular formula is C21H30N6O. The fourth-order valence-corrected chi connectivity index (χ4v) is 3.61. The van der Waals surface area contributed by atoms with Gasteiger partial charge in [0.25, 0.3) is 0 Å². The number of amides is 1. The van der Waals surface area contributed by atoms with Crippen LogP contribution < -0.4 is 15.5 Å². The summed E-state index contributed by atoms with van der Waals surface area (Å²) in [7, 11) is 0. The van der Waals surface area contributed by atoms with Gasteiger partial charge in [0.1, 0.15) is 18.0 Å². The highest BCUT2D eigenvalue weighted by atomic mass is 16.1. The Balaban J connectivity index is 1.41. The number of hydrogen-bond acceptors (Lipinski definition) is 6. The highest BCUT2D eigenvalue weighted by Crippen LogP contribution is 2.25. The first-order valence-corrected chi connectivity index (χ1v) is 10.2. The maximum atomic E-state index is 12.2. The van der Waals surface area contributed by atoms with Crippen LogP contribution in [0.15, 0.2) is 36.8 Å². The Morgan fingerprint density at radius 1 is 1.29 bits per heavy atom. The van der Waals surface area contributed by atoms with Crippen LogP contribution in [0.25, 0.3) is 0 Å². The van der Waals surface area contributed by atoms with Crippen LogP contribution in [0, 0.1) is 5.92 Å². The van der Waals surface area contributed by atoms with Crippen LogP contribution in [-0.4, -0.2) is 47.0 Å². The molecule has 1 unspecified atom stereocenters. The Bertz CT molecular complexity index is 739. The Morgan fingerprint density at radius 2 is 2.21 bits per heavy atom. The van der Waals surface area contributed by atoms with Crippen LogP contribution in [0.3, 0.4) is 0 Å². The third kappa shape index (κ3) is 6.18. The van der Waals surface area contributed by atoms with Crippen molar-refractivity contribution in [3.8, 4) is 0 Å². The van der Waals surface area contributed by atoms with E-state index in [2.05, 4.69) is 37.4 Å². The maximum Gasteiger partial charge on any atom is 0.220 e. The van der Waals surface area contributed by atoms with Crippen molar-refractivity contribution in [2.45, 2.75) is 39.0 Å². The SMILES string of the molecule is CCNc1cc(N2CCCC(CCC(=O)NCCc3ccccn3)C2)ncn1. The number of anilines is 2. The third-order valence-electron chi connectivity index (χ3n) is 5.06. The molecule has 3 rings (SSSR count). The summed E-state index contributed by atoms with van der Waals surface area (Å²) in [6.45, 7) is 5.49. The van der Waals surface area contributed by atoms with Crippen molar-refractivity contribution in [1.82, 2.24) is 20.3 Å². The van der Waals surface area contributed by atoms with E-state index in [1.54, 1.807) is 12.5 Å². The van der Waals surface area contributed by atoms with Crippen LogP contribution in [0.4, 0.5) is 11.6 Å². The van der Waals surface area contributed by atoms with E-state index in [4.69, 9.17) is 0 Å². The highest BCUT2D eigenvalue weighted by molar-refractivity contribution is 5.75. The van der Waals surface area contributed by atoms with Gasteiger partial charge in [-0.05, 0) is 44.2 Å². The molecular weight excluding hydrogens is 352 g/mol. The molecule has 1 fully saturated rings. The standard InChI is InChI=1S/C21H30N6O/c1-2-22-19-14-20(26-16-25-19)27-13-5-6-17(15-27)8-9-21(28)24-12-10-18-7-3-4-11-23-18/h3-4,7,11,14,16-17H,2,5-6,8-10,12-13,15H2,1H3,(H,24,28)(H,22,25,26). The molecule has 1 saturated heterocycles. The van der Waals surface area contributed by atoms with Crippen LogP contribution in [-0.2, 0) is 11.2 Å². The molecule has 1 aliphatic heterocycles. The van der Waals surface area contributed by atoms with E-state index in [9.17, 15) is 4.79 Å². The lowest BCUT2D eigenvalue weighted by Crippen LogP contribution is -2.36. The van der Waals surface area contributed by atoms with Gasteiger partial charge in [0.05, 0.1) is 0 Å². The predicted octanol–water partition coefficient (Wildman–Crippen LogP) is 2.66. The number of hydrogen-bond donors (Lipinski definition) is 2. The Labute approximate surface area is 167 Å². The van der Waals surface area contributed by atoms with Gasteiger partial charge in [-0.15, -0.1) is 0 Å². The summed E-state index contributed by atoms with van der Waals surface area (Å²) in [5.41, 5.74) is 1.01. The van der Waals surface area contributed by atoms with Gasteiger partial charge in [0.2, 0.25) is 5.91 Å². The molecule has 28 heavy (non-hydrogen) atoms. The number of aromatic nitrogens is 3. The molecule has 2 aromatic heterocycles. The second kappa shape index (κ2) is 10.6. The molecule has 0 radical (unpaired) electrons. The topological polar surface area (TPSA) is 83.0 Å². The van der Waals surface area contributed by atoms with E-state index in [1.165, 1.54) is 6.42 Å². The van der Waals surface area contributed by atoms with Crippen LogP contribution in [0.1, 0.15) is 38.3 Å². The maximum absolute atomic E-state index is 12.2. The minimum absolute atomic E-state index is 0.129. The summed E-state index contributed by atoms with van der Waals surface area (Å²) >= 11 is 0. The summed E-state index contributed by atoms with van der Waals surface area (Å²) in [5.74, 6) is 2.48. The fourth-order valence-electron chi connectivity index (χ4n) is 3.61. The monoisotopic (exact) mass is 382 g/mol. The number of carbonyl (C=O) groups is 1. The molecule has 7 heteroatoms. The first-order chi connectivity index (χ1) is 13.7. The molecule has 1 atom stereocenters. The summed E-state index contributed by atoms with van der Waals surface area (Å²) in [6.07, 6.45) is 7.96. The van der Waals surface area contributed by atoms with Crippen molar-refractivity contribution in [2.24, 2.45) is 5.92 Å². The van der Waals surface area contributed by atoms with E-state index >= 15 is 0 Å². The van der Waals surface area contributed by atoms with Gasteiger partial charge in [-0.2, -0.15) is 0 Å². The van der Waals surface area contributed by atoms with Crippen molar-refractivity contribution >= 4 is 17.5 Å². The zero-order valence-electron chi connectivity index (χ0n) is 16.6. The number of pyridine rings is 1. The van der Waals surface area contributed by atoms with Crippen molar-refractivity contribution in [2.75, 3.05) is 36.4 Å². The molecule has 0 spiro atoms. The number of piperidine rings is 1. The fraction of sp³-hybridized carbons (Fsp3) is 0.524. The van der Waals surface area contributed by atoms with E-state index in [1.807, 2.05) is 24.3 Å². The average Bonchev–Trinajstić information content (AvgIpc) is 2.74. The molecule has 1 amide bonds. The first-order valence-electron chi connectivity index (χ1n) is 10.2. The lowest BCUT2D eigenvalue weighted by molar-refractivity contribution is -0.121. The number of nitrogens with one attached hydrogen (secondary N) is 2. The second-order valence-electron chi connectivity index (χ2n) is 7.21. The Morgan fingerprint density at radius 3 is 3.04 bits per heavy atom. The van der Waals surface area contributed by atoms with Gasteiger partial charge >= 0.3 is 0 Å². The summed E-state index contributed by atoms with van der Waals surface area (Å²) in [4.78, 5) is 27.4. The van der Waals surface area contributed by atoms with Gasteiger partial charge in [0, 0.05) is 57.0 Å². The zero-order chi connectivity index (χ0) is 19.6. The molecule has 0 bridgehead atoms. The van der Waals surface area contributed by atoms with E-state index < -0.39 is 0 Å². The van der Waals surface area contributed by atoms with Gasteiger partial charge in [-0.3, -0.25) is 9.78 Å². The summed E-state index contributed by atoms with van der Waals surface area (Å²) in [6, 6.07) is 7.86. The van der Waals surface area contributed by atoms with Crippen molar-refractivity contribution in [3.63, 3.8) is 0 Å². The summed E-state index contributed by atoms with van der Waals surface area (Å²) in [5, 5.41) is 6.25. The molecule has 7 nitrogen and oxygen atoms in total. The third-order valence-corrected chi connectivity index (χ3v) is 5.06. The molecule has 2 N–H and O–H groups in total. The zero-order valence-corrected chi connectivity index (χ0v) is 16.6. The molecule has 2 aromatic rings. The van der Waals surface area contributed by atoms with Crippen molar-refractivity contribution < 1.29 is 4.79 Å². The summed E-state index contributed by atoms with van der Waals surface area (Å²) < 4.78 is 0. The van der Waals surface area contributed by atoms with Crippen molar-refractivity contribution in [3.05, 3.63) is 42.5 Å². The molecule has 0 saturated carbocycles. The minimum Gasteiger partial charge on any atom is -0.370 e. The quantitative estimate of drug-likeness (QED) is 0.694.